The monoisotopic (exact) mass is 399 g/mol. The predicted octanol–water partition coefficient (Wildman–Crippen LogP) is 2.06. The first-order valence-corrected chi connectivity index (χ1v) is 10.2. The average molecular weight is 399 g/mol. The molecule has 1 amide bonds. The normalized spacial score (nSPS) is 12.5. The van der Waals surface area contributed by atoms with E-state index in [0.717, 1.165) is 11.3 Å². The second-order valence-electron chi connectivity index (χ2n) is 6.15. The van der Waals surface area contributed by atoms with Crippen LogP contribution < -0.4 is 10.0 Å². The fourth-order valence-electron chi connectivity index (χ4n) is 2.68. The summed E-state index contributed by atoms with van der Waals surface area (Å²) < 4.78 is 28.0. The highest BCUT2D eigenvalue weighted by atomic mass is 32.2. The van der Waals surface area contributed by atoms with Crippen LogP contribution in [0.1, 0.15) is 35.8 Å². The molecule has 3 aromatic rings. The highest BCUT2D eigenvalue weighted by Gasteiger charge is 2.15. The van der Waals surface area contributed by atoms with E-state index in [-0.39, 0.29) is 16.8 Å². The quantitative estimate of drug-likeness (QED) is 0.633. The van der Waals surface area contributed by atoms with E-state index < -0.39 is 10.0 Å². The fourth-order valence-corrected chi connectivity index (χ4v) is 3.72. The third-order valence-corrected chi connectivity index (χ3v) is 5.75. The molecule has 0 aliphatic heterocycles. The summed E-state index contributed by atoms with van der Waals surface area (Å²) in [5.41, 5.74) is 2.20. The zero-order valence-electron chi connectivity index (χ0n) is 15.5. The van der Waals surface area contributed by atoms with Crippen LogP contribution in [0.3, 0.4) is 0 Å². The van der Waals surface area contributed by atoms with Gasteiger partial charge in [-0.25, -0.2) is 22.8 Å². The highest BCUT2D eigenvalue weighted by molar-refractivity contribution is 7.89. The molecule has 1 atom stereocenters. The lowest BCUT2D eigenvalue weighted by molar-refractivity contribution is 0.0940. The average Bonchev–Trinajstić information content (AvgIpc) is 3.23. The first kappa shape index (κ1) is 19.7. The summed E-state index contributed by atoms with van der Waals surface area (Å²) in [4.78, 5) is 16.5. The molecule has 8 nitrogen and oxygen atoms in total. The molecule has 1 aromatic heterocycles. The SMILES string of the molecule is CCNS(=O)(=O)c1ccc(C(=O)N[C@@H](C)c2ccc(-n3cncn3)cc2)cc1. The molecule has 3 rings (SSSR count). The van der Waals surface area contributed by atoms with Crippen molar-refractivity contribution in [3.8, 4) is 5.69 Å². The van der Waals surface area contributed by atoms with E-state index >= 15 is 0 Å². The van der Waals surface area contributed by atoms with E-state index in [9.17, 15) is 13.2 Å². The third kappa shape index (κ3) is 4.44. The molecule has 0 aliphatic rings. The second-order valence-corrected chi connectivity index (χ2v) is 7.92. The van der Waals surface area contributed by atoms with E-state index in [2.05, 4.69) is 20.1 Å². The van der Waals surface area contributed by atoms with Crippen LogP contribution in [-0.4, -0.2) is 35.6 Å². The fraction of sp³-hybridized carbons (Fsp3) is 0.211. The largest absolute Gasteiger partial charge is 0.346 e. The Kier molecular flexibility index (Phi) is 5.86. The van der Waals surface area contributed by atoms with Crippen LogP contribution in [0.5, 0.6) is 0 Å². The Hall–Kier alpha value is -3.04. The number of amides is 1. The van der Waals surface area contributed by atoms with Crippen molar-refractivity contribution in [2.45, 2.75) is 24.8 Å². The van der Waals surface area contributed by atoms with Gasteiger partial charge in [0.15, 0.2) is 0 Å². The van der Waals surface area contributed by atoms with Crippen molar-refractivity contribution in [3.05, 3.63) is 72.3 Å². The van der Waals surface area contributed by atoms with E-state index in [4.69, 9.17) is 0 Å². The number of hydrogen-bond donors (Lipinski definition) is 2. The van der Waals surface area contributed by atoms with Crippen molar-refractivity contribution in [2.24, 2.45) is 0 Å². The molecule has 1 heterocycles. The predicted molar refractivity (Wildman–Crippen MR) is 105 cm³/mol. The summed E-state index contributed by atoms with van der Waals surface area (Å²) in [6, 6.07) is 13.2. The number of benzene rings is 2. The van der Waals surface area contributed by atoms with Gasteiger partial charge in [-0.2, -0.15) is 5.10 Å². The summed E-state index contributed by atoms with van der Waals surface area (Å²) >= 11 is 0. The van der Waals surface area contributed by atoms with Gasteiger partial charge in [0.05, 0.1) is 16.6 Å². The van der Waals surface area contributed by atoms with Crippen LogP contribution in [-0.2, 0) is 10.0 Å². The Balaban J connectivity index is 1.67. The van der Waals surface area contributed by atoms with Gasteiger partial charge >= 0.3 is 0 Å². The number of aromatic nitrogens is 3. The number of nitrogens with one attached hydrogen (secondary N) is 2. The Morgan fingerprint density at radius 2 is 1.79 bits per heavy atom. The summed E-state index contributed by atoms with van der Waals surface area (Å²) in [6.07, 6.45) is 3.08. The van der Waals surface area contributed by atoms with Gasteiger partial charge in [-0.3, -0.25) is 4.79 Å². The summed E-state index contributed by atoms with van der Waals surface area (Å²) in [5.74, 6) is -0.278. The molecule has 0 aliphatic carbocycles. The van der Waals surface area contributed by atoms with E-state index in [1.807, 2.05) is 31.2 Å². The van der Waals surface area contributed by atoms with Crippen molar-refractivity contribution in [3.63, 3.8) is 0 Å². The summed E-state index contributed by atoms with van der Waals surface area (Å²) in [6.45, 7) is 3.89. The van der Waals surface area contributed by atoms with Gasteiger partial charge in [0, 0.05) is 12.1 Å². The van der Waals surface area contributed by atoms with Crippen molar-refractivity contribution >= 4 is 15.9 Å². The van der Waals surface area contributed by atoms with Crippen molar-refractivity contribution < 1.29 is 13.2 Å². The maximum absolute atomic E-state index is 12.5. The number of rotatable bonds is 7. The van der Waals surface area contributed by atoms with Crippen LogP contribution in [0.15, 0.2) is 66.1 Å². The van der Waals surface area contributed by atoms with Crippen molar-refractivity contribution in [1.29, 1.82) is 0 Å². The van der Waals surface area contributed by atoms with Crippen LogP contribution in [0.4, 0.5) is 0 Å². The molecule has 2 N–H and O–H groups in total. The maximum atomic E-state index is 12.5. The molecular weight excluding hydrogens is 378 g/mol. The van der Waals surface area contributed by atoms with Crippen LogP contribution in [0.2, 0.25) is 0 Å². The van der Waals surface area contributed by atoms with Crippen molar-refractivity contribution in [2.75, 3.05) is 6.54 Å². The molecule has 0 saturated heterocycles. The Bertz CT molecular complexity index is 1030. The molecule has 9 heteroatoms. The van der Waals surface area contributed by atoms with Gasteiger partial charge in [-0.05, 0) is 48.9 Å². The Labute approximate surface area is 163 Å². The molecule has 0 fully saturated rings. The van der Waals surface area contributed by atoms with Crippen LogP contribution >= 0.6 is 0 Å². The summed E-state index contributed by atoms with van der Waals surface area (Å²) in [7, 11) is -3.53. The minimum atomic E-state index is -3.53. The molecule has 28 heavy (non-hydrogen) atoms. The van der Waals surface area contributed by atoms with Gasteiger partial charge in [0.25, 0.3) is 5.91 Å². The van der Waals surface area contributed by atoms with Crippen LogP contribution in [0, 0.1) is 0 Å². The zero-order chi connectivity index (χ0) is 20.1. The van der Waals surface area contributed by atoms with E-state index in [1.54, 1.807) is 17.9 Å². The topological polar surface area (TPSA) is 106 Å². The zero-order valence-corrected chi connectivity index (χ0v) is 16.3. The van der Waals surface area contributed by atoms with Gasteiger partial charge in [-0.1, -0.05) is 19.1 Å². The molecular formula is C19H21N5O3S. The first-order valence-electron chi connectivity index (χ1n) is 8.76. The second kappa shape index (κ2) is 8.32. The number of carbonyl (C=O) groups excluding carboxylic acids is 1. The molecule has 0 spiro atoms. The Morgan fingerprint density at radius 1 is 1.11 bits per heavy atom. The van der Waals surface area contributed by atoms with E-state index in [1.165, 1.54) is 30.6 Å². The molecule has 0 saturated carbocycles. The van der Waals surface area contributed by atoms with Gasteiger partial charge < -0.3 is 5.32 Å². The lowest BCUT2D eigenvalue weighted by Gasteiger charge is -2.15. The number of hydrogen-bond acceptors (Lipinski definition) is 5. The summed E-state index contributed by atoms with van der Waals surface area (Å²) in [5, 5.41) is 6.98. The minimum Gasteiger partial charge on any atom is -0.346 e. The van der Waals surface area contributed by atoms with Crippen molar-refractivity contribution in [1.82, 2.24) is 24.8 Å². The number of carbonyl (C=O) groups is 1. The Morgan fingerprint density at radius 3 is 2.36 bits per heavy atom. The first-order chi connectivity index (χ1) is 13.4. The smallest absolute Gasteiger partial charge is 0.251 e. The molecule has 146 valence electrons. The van der Waals surface area contributed by atoms with Gasteiger partial charge in [-0.15, -0.1) is 0 Å². The highest BCUT2D eigenvalue weighted by Crippen LogP contribution is 2.17. The lowest BCUT2D eigenvalue weighted by Crippen LogP contribution is -2.27. The number of sulfonamides is 1. The maximum Gasteiger partial charge on any atom is 0.251 e. The molecule has 2 aromatic carbocycles. The lowest BCUT2D eigenvalue weighted by atomic mass is 10.1. The minimum absolute atomic E-state index is 0.127. The molecule has 0 radical (unpaired) electrons. The molecule has 0 unspecified atom stereocenters. The van der Waals surface area contributed by atoms with Crippen LogP contribution in [0.25, 0.3) is 5.69 Å². The van der Waals surface area contributed by atoms with E-state index in [0.29, 0.717) is 12.1 Å². The van der Waals surface area contributed by atoms with Gasteiger partial charge in [0.1, 0.15) is 12.7 Å². The van der Waals surface area contributed by atoms with Gasteiger partial charge in [0.2, 0.25) is 10.0 Å². The number of nitrogens with zero attached hydrogens (tertiary/aromatic N) is 3. The standard InChI is InChI=1S/C19H21N5O3S/c1-3-22-28(26,27)18-10-6-16(7-11-18)19(25)23-14(2)15-4-8-17(9-5-15)24-13-20-12-21-24/h4-14,22H,3H2,1-2H3,(H,23,25)/t14-/m0/s1. The molecule has 0 bridgehead atoms. The third-order valence-electron chi connectivity index (χ3n) is 4.19.